The summed E-state index contributed by atoms with van der Waals surface area (Å²) in [6.45, 7) is 9.18. The van der Waals surface area contributed by atoms with Gasteiger partial charge in [0.05, 0.1) is 12.6 Å². The van der Waals surface area contributed by atoms with Crippen molar-refractivity contribution < 1.29 is 4.57 Å². The van der Waals surface area contributed by atoms with Gasteiger partial charge in [-0.3, -0.25) is 0 Å². The van der Waals surface area contributed by atoms with Crippen LogP contribution in [-0.4, -0.2) is 4.57 Å². The highest BCUT2D eigenvalue weighted by Crippen LogP contribution is 2.47. The zero-order chi connectivity index (χ0) is 18.4. The lowest BCUT2D eigenvalue weighted by Crippen LogP contribution is -2.43. The molecule has 5 rings (SSSR count). The minimum absolute atomic E-state index is 0.0235. The molecule has 0 radical (unpaired) electrons. The van der Waals surface area contributed by atoms with Gasteiger partial charge in [0.15, 0.2) is 3.70 Å². The Morgan fingerprint density at radius 2 is 1.62 bits per heavy atom. The molecule has 0 spiro atoms. The number of rotatable bonds is 0. The Hall–Kier alpha value is -1.88. The van der Waals surface area contributed by atoms with Gasteiger partial charge in [-0.2, -0.15) is 4.57 Å². The first kappa shape index (κ1) is 16.3. The second-order valence-electron chi connectivity index (χ2n) is 8.02. The summed E-state index contributed by atoms with van der Waals surface area (Å²) in [5, 5.41) is 2.71. The van der Waals surface area contributed by atoms with Crippen molar-refractivity contribution in [1.29, 1.82) is 0 Å². The molecular formula is C23H22IN2+. The smallest absolute Gasteiger partial charge is 0.224 e. The van der Waals surface area contributed by atoms with E-state index in [1.807, 2.05) is 0 Å². The Balaban J connectivity index is 2.17. The molecule has 0 fully saturated rings. The second-order valence-corrected chi connectivity index (χ2v) is 9.12. The highest BCUT2D eigenvalue weighted by molar-refractivity contribution is 14.1. The normalized spacial score (nSPS) is 14.8. The molecule has 0 bridgehead atoms. The van der Waals surface area contributed by atoms with Crippen LogP contribution in [-0.2, 0) is 12.5 Å². The Morgan fingerprint density at radius 1 is 0.885 bits per heavy atom. The maximum absolute atomic E-state index is 2.52. The molecule has 0 unspecified atom stereocenters. The fourth-order valence-corrected chi connectivity index (χ4v) is 5.07. The molecule has 0 N–H and O–H groups in total. The number of halogens is 1. The predicted octanol–water partition coefficient (Wildman–Crippen LogP) is 5.47. The van der Waals surface area contributed by atoms with E-state index in [-0.39, 0.29) is 5.41 Å². The zero-order valence-corrected chi connectivity index (χ0v) is 18.0. The predicted molar refractivity (Wildman–Crippen MR) is 116 cm³/mol. The molecule has 26 heavy (non-hydrogen) atoms. The fourth-order valence-electron chi connectivity index (χ4n) is 4.66. The van der Waals surface area contributed by atoms with Crippen molar-refractivity contribution in [3.63, 3.8) is 0 Å². The molecule has 2 aromatic carbocycles. The van der Waals surface area contributed by atoms with E-state index in [1.165, 1.54) is 53.6 Å². The summed E-state index contributed by atoms with van der Waals surface area (Å²) in [6.07, 6.45) is 0. The third kappa shape index (κ3) is 1.80. The largest absolute Gasteiger partial charge is 0.291 e. The van der Waals surface area contributed by atoms with E-state index in [2.05, 4.69) is 109 Å². The summed E-state index contributed by atoms with van der Waals surface area (Å²) in [6, 6.07) is 15.9. The first-order valence-corrected chi connectivity index (χ1v) is 10.1. The van der Waals surface area contributed by atoms with Crippen LogP contribution in [0.5, 0.6) is 0 Å². The van der Waals surface area contributed by atoms with Crippen molar-refractivity contribution >= 4 is 44.4 Å². The van der Waals surface area contributed by atoms with Crippen LogP contribution < -0.4 is 4.57 Å². The monoisotopic (exact) mass is 453 g/mol. The molecule has 2 nitrogen and oxygen atoms in total. The lowest BCUT2D eigenvalue weighted by atomic mass is 9.75. The first-order valence-electron chi connectivity index (χ1n) is 9.07. The number of aryl methyl sites for hydroxylation is 2. The Labute approximate surface area is 167 Å². The molecule has 0 saturated heterocycles. The van der Waals surface area contributed by atoms with Crippen LogP contribution in [0.3, 0.4) is 0 Å². The van der Waals surface area contributed by atoms with Crippen LogP contribution >= 0.6 is 22.6 Å². The van der Waals surface area contributed by atoms with Gasteiger partial charge < -0.3 is 0 Å². The van der Waals surface area contributed by atoms with Crippen LogP contribution in [0, 0.1) is 17.5 Å². The summed E-state index contributed by atoms with van der Waals surface area (Å²) in [7, 11) is 2.19. The third-order valence-corrected chi connectivity index (χ3v) is 7.38. The molecule has 3 heteroatoms. The van der Waals surface area contributed by atoms with Gasteiger partial charge >= 0.3 is 0 Å². The second kappa shape index (κ2) is 5.10. The maximum atomic E-state index is 2.52. The molecule has 1 aliphatic rings. The van der Waals surface area contributed by atoms with Crippen LogP contribution in [0.25, 0.3) is 27.6 Å². The lowest BCUT2D eigenvalue weighted by Gasteiger charge is -2.31. The number of hydrogen-bond donors (Lipinski definition) is 0. The van der Waals surface area contributed by atoms with Crippen LogP contribution in [0.2, 0.25) is 0 Å². The lowest BCUT2D eigenvalue weighted by molar-refractivity contribution is -0.678. The molecule has 2 aromatic heterocycles. The van der Waals surface area contributed by atoms with Gasteiger partial charge in [0.2, 0.25) is 0 Å². The van der Waals surface area contributed by atoms with E-state index >= 15 is 0 Å². The number of hydrogen-bond acceptors (Lipinski definition) is 0. The maximum Gasteiger partial charge on any atom is 0.291 e. The topological polar surface area (TPSA) is 8.81 Å². The zero-order valence-electron chi connectivity index (χ0n) is 15.8. The average Bonchev–Trinajstić information content (AvgIpc) is 2.94. The van der Waals surface area contributed by atoms with Gasteiger partial charge in [-0.05, 0) is 49.2 Å². The van der Waals surface area contributed by atoms with Gasteiger partial charge in [-0.25, -0.2) is 4.57 Å². The molecule has 1 aliphatic heterocycles. The molecular weight excluding hydrogens is 431 g/mol. The van der Waals surface area contributed by atoms with E-state index in [1.54, 1.807) is 0 Å². The Bertz CT molecular complexity index is 1240. The number of para-hydroxylation sites is 1. The van der Waals surface area contributed by atoms with E-state index in [4.69, 9.17) is 0 Å². The summed E-state index contributed by atoms with van der Waals surface area (Å²) in [5.41, 5.74) is 8.21. The van der Waals surface area contributed by atoms with E-state index in [0.717, 1.165) is 0 Å². The molecule has 3 heterocycles. The van der Waals surface area contributed by atoms with Crippen molar-refractivity contribution in [2.45, 2.75) is 33.1 Å². The summed E-state index contributed by atoms with van der Waals surface area (Å²) < 4.78 is 6.11. The van der Waals surface area contributed by atoms with Gasteiger partial charge in [0.1, 0.15) is 11.0 Å². The van der Waals surface area contributed by atoms with Crippen LogP contribution in [0.1, 0.15) is 36.1 Å². The Morgan fingerprint density at radius 3 is 2.38 bits per heavy atom. The van der Waals surface area contributed by atoms with E-state index in [0.29, 0.717) is 0 Å². The highest BCUT2D eigenvalue weighted by Gasteiger charge is 2.41. The SMILES string of the molecule is Cc1ccc2c3cccc4c3n(c2c1C)-c1c(ccc(I)[n+]1C)C4(C)C. The highest BCUT2D eigenvalue weighted by atomic mass is 127. The molecule has 4 aromatic rings. The van der Waals surface area contributed by atoms with Gasteiger partial charge in [-0.1, -0.05) is 32.0 Å². The van der Waals surface area contributed by atoms with Crippen molar-refractivity contribution in [2.75, 3.05) is 0 Å². The molecule has 130 valence electrons. The van der Waals surface area contributed by atoms with Gasteiger partial charge in [0.25, 0.3) is 5.82 Å². The van der Waals surface area contributed by atoms with E-state index in [9.17, 15) is 0 Å². The average molecular weight is 453 g/mol. The summed E-state index contributed by atoms with van der Waals surface area (Å²) >= 11 is 2.44. The number of pyridine rings is 1. The quantitative estimate of drug-likeness (QED) is 0.190. The minimum Gasteiger partial charge on any atom is -0.224 e. The standard InChI is InChI=1S/C23H22IN2/c1-13-9-10-16-15-7-6-8-17-21(15)26(20(16)14(13)2)22-18(23(17,3)4)11-12-19(24)25(22)5/h6-12H,1-5H3/q+1. The van der Waals surface area contributed by atoms with E-state index < -0.39 is 0 Å². The van der Waals surface area contributed by atoms with Gasteiger partial charge in [-0.15, -0.1) is 0 Å². The Kier molecular flexibility index (Phi) is 3.20. The number of nitrogens with zero attached hydrogens (tertiary/aromatic N) is 2. The molecule has 0 aliphatic carbocycles. The van der Waals surface area contributed by atoms with Gasteiger partial charge in [0, 0.05) is 44.3 Å². The first-order chi connectivity index (χ1) is 12.3. The van der Waals surface area contributed by atoms with Crippen LogP contribution in [0.15, 0.2) is 42.5 Å². The third-order valence-electron chi connectivity index (χ3n) is 6.30. The molecule has 0 saturated carbocycles. The fraction of sp³-hybridized carbons (Fsp3) is 0.261. The minimum atomic E-state index is -0.0235. The van der Waals surface area contributed by atoms with Crippen molar-refractivity contribution in [2.24, 2.45) is 7.05 Å². The number of aromatic nitrogens is 2. The molecule has 0 atom stereocenters. The molecule has 0 amide bonds. The number of fused-ring (bicyclic) bond motifs is 5. The van der Waals surface area contributed by atoms with Crippen molar-refractivity contribution in [1.82, 2.24) is 4.57 Å². The van der Waals surface area contributed by atoms with Crippen molar-refractivity contribution in [3.8, 4) is 5.82 Å². The summed E-state index contributed by atoms with van der Waals surface area (Å²) in [4.78, 5) is 0. The number of benzene rings is 2. The van der Waals surface area contributed by atoms with Crippen LogP contribution in [0.4, 0.5) is 0 Å². The van der Waals surface area contributed by atoms with Crippen molar-refractivity contribution in [3.05, 3.63) is 68.4 Å². The summed E-state index contributed by atoms with van der Waals surface area (Å²) in [5.74, 6) is 1.30.